The Morgan fingerprint density at radius 3 is 2.67 bits per heavy atom. The van der Waals surface area contributed by atoms with E-state index < -0.39 is 0 Å². The number of benzene rings is 2. The zero-order chi connectivity index (χ0) is 23.2. The Morgan fingerprint density at radius 2 is 1.94 bits per heavy atom. The zero-order valence-electron chi connectivity index (χ0n) is 17.5. The molecule has 2 aromatic carbocycles. The molecule has 4 rings (SSSR count). The number of amides is 1. The second-order valence-electron chi connectivity index (χ2n) is 6.77. The van der Waals surface area contributed by atoms with Gasteiger partial charge in [-0.05, 0) is 43.3 Å². The Labute approximate surface area is 212 Å². The van der Waals surface area contributed by atoms with Crippen molar-refractivity contribution in [2.75, 3.05) is 11.1 Å². The highest BCUT2D eigenvalue weighted by Crippen LogP contribution is 2.26. The summed E-state index contributed by atoms with van der Waals surface area (Å²) in [5.74, 6) is 1.49. The summed E-state index contributed by atoms with van der Waals surface area (Å²) < 4.78 is 8.74. The van der Waals surface area contributed by atoms with Crippen molar-refractivity contribution in [3.8, 4) is 17.0 Å². The molecule has 0 fully saturated rings. The van der Waals surface area contributed by atoms with Crippen molar-refractivity contribution in [1.29, 1.82) is 0 Å². The lowest BCUT2D eigenvalue weighted by Gasteiger charge is -2.09. The van der Waals surface area contributed by atoms with Crippen molar-refractivity contribution in [1.82, 2.24) is 19.7 Å². The van der Waals surface area contributed by atoms with Crippen molar-refractivity contribution >= 4 is 61.7 Å². The van der Waals surface area contributed by atoms with Crippen LogP contribution in [0.25, 0.3) is 11.3 Å². The fourth-order valence-electron chi connectivity index (χ4n) is 2.90. The van der Waals surface area contributed by atoms with Crippen molar-refractivity contribution in [3.63, 3.8) is 0 Å². The SMILES string of the molecule is CCn1c(COc2ccc(Br)cc2)nnc1SCC(=O)Nc1nc(-c2ccc(Cl)cc2)cs1. The number of carbonyl (C=O) groups is 1. The zero-order valence-corrected chi connectivity index (χ0v) is 21.5. The monoisotopic (exact) mass is 563 g/mol. The number of nitrogens with zero attached hydrogens (tertiary/aromatic N) is 4. The van der Waals surface area contributed by atoms with E-state index in [0.717, 1.165) is 21.5 Å². The maximum absolute atomic E-state index is 12.5. The van der Waals surface area contributed by atoms with E-state index >= 15 is 0 Å². The highest BCUT2D eigenvalue weighted by Gasteiger charge is 2.15. The first-order chi connectivity index (χ1) is 16.0. The van der Waals surface area contributed by atoms with E-state index in [0.29, 0.717) is 34.3 Å². The third kappa shape index (κ3) is 6.35. The molecule has 0 bridgehead atoms. The van der Waals surface area contributed by atoms with Crippen LogP contribution in [0.3, 0.4) is 0 Å². The first kappa shape index (κ1) is 23.7. The minimum atomic E-state index is -0.157. The van der Waals surface area contributed by atoms with Gasteiger partial charge in [0.25, 0.3) is 0 Å². The van der Waals surface area contributed by atoms with Crippen LogP contribution in [0.1, 0.15) is 12.7 Å². The molecule has 4 aromatic rings. The molecular weight excluding hydrogens is 546 g/mol. The molecule has 0 radical (unpaired) electrons. The van der Waals surface area contributed by atoms with Crippen LogP contribution in [0.15, 0.2) is 63.5 Å². The Morgan fingerprint density at radius 1 is 1.18 bits per heavy atom. The van der Waals surface area contributed by atoms with Crippen molar-refractivity contribution < 1.29 is 9.53 Å². The molecule has 0 atom stereocenters. The van der Waals surface area contributed by atoms with Crippen LogP contribution in [0.5, 0.6) is 5.75 Å². The van der Waals surface area contributed by atoms with Gasteiger partial charge in [0.2, 0.25) is 5.91 Å². The summed E-state index contributed by atoms with van der Waals surface area (Å²) in [5, 5.41) is 15.1. The molecule has 2 heterocycles. The maximum Gasteiger partial charge on any atom is 0.236 e. The highest BCUT2D eigenvalue weighted by atomic mass is 79.9. The number of hydrogen-bond acceptors (Lipinski definition) is 7. The summed E-state index contributed by atoms with van der Waals surface area (Å²) in [6.07, 6.45) is 0. The van der Waals surface area contributed by atoms with E-state index in [-0.39, 0.29) is 11.7 Å². The summed E-state index contributed by atoms with van der Waals surface area (Å²) in [7, 11) is 0. The second kappa shape index (κ2) is 11.1. The molecule has 0 spiro atoms. The molecule has 0 aliphatic rings. The van der Waals surface area contributed by atoms with Gasteiger partial charge in [0.05, 0.1) is 11.4 Å². The van der Waals surface area contributed by atoms with Crippen LogP contribution in [0.2, 0.25) is 5.02 Å². The van der Waals surface area contributed by atoms with Gasteiger partial charge >= 0.3 is 0 Å². The van der Waals surface area contributed by atoms with Crippen molar-refractivity contribution in [3.05, 3.63) is 69.2 Å². The number of carbonyl (C=O) groups excluding carboxylic acids is 1. The van der Waals surface area contributed by atoms with Crippen molar-refractivity contribution in [2.45, 2.75) is 25.2 Å². The number of rotatable bonds is 9. The molecule has 0 saturated heterocycles. The van der Waals surface area contributed by atoms with Gasteiger partial charge in [-0.25, -0.2) is 4.98 Å². The van der Waals surface area contributed by atoms with Gasteiger partial charge in [-0.2, -0.15) is 0 Å². The van der Waals surface area contributed by atoms with E-state index in [1.54, 1.807) is 0 Å². The molecule has 33 heavy (non-hydrogen) atoms. The predicted octanol–water partition coefficient (Wildman–Crippen LogP) is 6.15. The van der Waals surface area contributed by atoms with Gasteiger partial charge in [0.1, 0.15) is 12.4 Å². The third-order valence-electron chi connectivity index (χ3n) is 4.51. The molecular formula is C22H19BrClN5O2S2. The van der Waals surface area contributed by atoms with Crippen LogP contribution in [-0.2, 0) is 17.9 Å². The number of nitrogens with one attached hydrogen (secondary N) is 1. The number of anilines is 1. The lowest BCUT2D eigenvalue weighted by molar-refractivity contribution is -0.113. The molecule has 11 heteroatoms. The van der Waals surface area contributed by atoms with Gasteiger partial charge in [0, 0.05) is 27.0 Å². The van der Waals surface area contributed by atoms with E-state index in [9.17, 15) is 4.79 Å². The largest absolute Gasteiger partial charge is 0.486 e. The topological polar surface area (TPSA) is 81.9 Å². The van der Waals surface area contributed by atoms with Crippen LogP contribution in [0.4, 0.5) is 5.13 Å². The molecule has 1 amide bonds. The Hall–Kier alpha value is -2.40. The van der Waals surface area contributed by atoms with Crippen LogP contribution in [0, 0.1) is 0 Å². The highest BCUT2D eigenvalue weighted by molar-refractivity contribution is 9.10. The Bertz CT molecular complexity index is 1230. The molecule has 1 N–H and O–H groups in total. The quantitative estimate of drug-likeness (QED) is 0.246. The first-order valence-corrected chi connectivity index (χ1v) is 13.0. The molecule has 0 aliphatic heterocycles. The number of ether oxygens (including phenoxy) is 1. The van der Waals surface area contributed by atoms with Gasteiger partial charge in [0.15, 0.2) is 16.1 Å². The number of thiazole rings is 1. The van der Waals surface area contributed by atoms with Gasteiger partial charge in [-0.3, -0.25) is 4.79 Å². The lowest BCUT2D eigenvalue weighted by Crippen LogP contribution is -2.14. The Balaban J connectivity index is 1.32. The second-order valence-corrected chi connectivity index (χ2v) is 9.92. The summed E-state index contributed by atoms with van der Waals surface area (Å²) in [4.78, 5) is 16.9. The summed E-state index contributed by atoms with van der Waals surface area (Å²) in [6, 6.07) is 15.0. The number of thioether (sulfide) groups is 1. The molecule has 2 aromatic heterocycles. The van der Waals surface area contributed by atoms with Gasteiger partial charge < -0.3 is 14.6 Å². The fraction of sp³-hybridized carbons (Fsp3) is 0.182. The third-order valence-corrected chi connectivity index (χ3v) is 7.02. The van der Waals surface area contributed by atoms with Crippen LogP contribution >= 0.6 is 50.6 Å². The van der Waals surface area contributed by atoms with Crippen molar-refractivity contribution in [2.24, 2.45) is 0 Å². The van der Waals surface area contributed by atoms with Crippen LogP contribution < -0.4 is 10.1 Å². The molecule has 7 nitrogen and oxygen atoms in total. The molecule has 0 saturated carbocycles. The van der Waals surface area contributed by atoms with E-state index in [1.807, 2.05) is 65.4 Å². The van der Waals surface area contributed by atoms with E-state index in [2.05, 4.69) is 36.4 Å². The number of aromatic nitrogens is 4. The van der Waals surface area contributed by atoms with Gasteiger partial charge in [-0.1, -0.05) is 51.4 Å². The van der Waals surface area contributed by atoms with E-state index in [4.69, 9.17) is 16.3 Å². The average molecular weight is 565 g/mol. The fourth-order valence-corrected chi connectivity index (χ4v) is 4.85. The molecule has 0 aliphatic carbocycles. The average Bonchev–Trinajstić information content (AvgIpc) is 3.44. The molecule has 170 valence electrons. The normalized spacial score (nSPS) is 10.9. The Kier molecular flexibility index (Phi) is 8.02. The molecule has 0 unspecified atom stereocenters. The smallest absolute Gasteiger partial charge is 0.236 e. The van der Waals surface area contributed by atoms with Crippen LogP contribution in [-0.4, -0.2) is 31.4 Å². The first-order valence-electron chi connectivity index (χ1n) is 9.96. The van der Waals surface area contributed by atoms with E-state index in [1.165, 1.54) is 23.1 Å². The number of hydrogen-bond donors (Lipinski definition) is 1. The maximum atomic E-state index is 12.5. The summed E-state index contributed by atoms with van der Waals surface area (Å²) in [5.41, 5.74) is 1.74. The minimum absolute atomic E-state index is 0.157. The number of halogens is 2. The standard InChI is InChI=1S/C22H19BrClN5O2S2/c1-2-29-19(11-31-17-9-5-15(23)6-10-17)27-28-22(29)33-13-20(30)26-21-25-18(12-32-21)14-3-7-16(24)8-4-14/h3-10,12H,2,11,13H2,1H3,(H,25,26,30). The predicted molar refractivity (Wildman–Crippen MR) is 136 cm³/mol. The van der Waals surface area contributed by atoms with Gasteiger partial charge in [-0.15, -0.1) is 21.5 Å². The summed E-state index contributed by atoms with van der Waals surface area (Å²) >= 11 is 12.0. The minimum Gasteiger partial charge on any atom is -0.486 e. The lowest BCUT2D eigenvalue weighted by atomic mass is 10.2. The summed E-state index contributed by atoms with van der Waals surface area (Å²) in [6.45, 7) is 2.97.